The normalized spacial score (nSPS) is 31.2. The van der Waals surface area contributed by atoms with Crippen molar-refractivity contribution in [3.05, 3.63) is 0 Å². The Hall–Kier alpha value is -0.610. The zero-order valence-electron chi connectivity index (χ0n) is 12.2. The summed E-state index contributed by atoms with van der Waals surface area (Å²) in [5.41, 5.74) is -0.436. The fourth-order valence-corrected chi connectivity index (χ4v) is 3.48. The van der Waals surface area contributed by atoms with Gasteiger partial charge >= 0.3 is 5.97 Å². The predicted octanol–water partition coefficient (Wildman–Crippen LogP) is 1.54. The number of likely N-dealkylation sites (tertiary alicyclic amines) is 1. The summed E-state index contributed by atoms with van der Waals surface area (Å²) in [5.74, 6) is 0.439. The Morgan fingerprint density at radius 2 is 2.05 bits per heavy atom. The smallest absolute Gasteiger partial charge is 0.327 e. The average Bonchev–Trinajstić information content (AvgIpc) is 3.29. The van der Waals surface area contributed by atoms with Crippen LogP contribution in [0.15, 0.2) is 0 Å². The van der Waals surface area contributed by atoms with Crippen molar-refractivity contribution in [2.45, 2.75) is 63.1 Å². The van der Waals surface area contributed by atoms with Crippen molar-refractivity contribution in [3.63, 3.8) is 0 Å². The van der Waals surface area contributed by atoms with Crippen LogP contribution >= 0.6 is 0 Å². The SMILES string of the molecule is COC(=O)C(CN1CCCC1C)(NC1CC1)C1CC1. The highest BCUT2D eigenvalue weighted by Gasteiger charge is 2.55. The minimum Gasteiger partial charge on any atom is -0.468 e. The molecule has 2 unspecified atom stereocenters. The van der Waals surface area contributed by atoms with Crippen LogP contribution in [0.3, 0.4) is 0 Å². The first-order valence-corrected chi connectivity index (χ1v) is 7.76. The molecule has 3 rings (SSSR count). The molecule has 4 nitrogen and oxygen atoms in total. The molecule has 0 aromatic heterocycles. The summed E-state index contributed by atoms with van der Waals surface area (Å²) in [5, 5.41) is 3.65. The van der Waals surface area contributed by atoms with Gasteiger partial charge in [0.05, 0.1) is 7.11 Å². The molecule has 108 valence electrons. The van der Waals surface area contributed by atoms with Crippen LogP contribution < -0.4 is 5.32 Å². The molecule has 2 atom stereocenters. The van der Waals surface area contributed by atoms with Crippen molar-refractivity contribution in [2.75, 3.05) is 20.2 Å². The van der Waals surface area contributed by atoms with Gasteiger partial charge in [0.1, 0.15) is 5.54 Å². The van der Waals surface area contributed by atoms with Gasteiger partial charge in [-0.3, -0.25) is 10.2 Å². The molecular weight excluding hydrogens is 240 g/mol. The quantitative estimate of drug-likeness (QED) is 0.741. The van der Waals surface area contributed by atoms with Gasteiger partial charge in [-0.05, 0) is 57.9 Å². The monoisotopic (exact) mass is 266 g/mol. The zero-order chi connectivity index (χ0) is 13.5. The van der Waals surface area contributed by atoms with Crippen molar-refractivity contribution < 1.29 is 9.53 Å². The van der Waals surface area contributed by atoms with Gasteiger partial charge in [-0.1, -0.05) is 0 Å². The highest BCUT2D eigenvalue weighted by Crippen LogP contribution is 2.43. The van der Waals surface area contributed by atoms with Crippen molar-refractivity contribution >= 4 is 5.97 Å². The Labute approximate surface area is 115 Å². The molecule has 0 aromatic carbocycles. The van der Waals surface area contributed by atoms with Gasteiger partial charge in [0, 0.05) is 18.6 Å². The van der Waals surface area contributed by atoms with Gasteiger partial charge in [0.2, 0.25) is 0 Å². The number of esters is 1. The predicted molar refractivity (Wildman–Crippen MR) is 73.9 cm³/mol. The minimum atomic E-state index is -0.436. The molecular formula is C15H26N2O2. The largest absolute Gasteiger partial charge is 0.468 e. The van der Waals surface area contributed by atoms with Crippen molar-refractivity contribution in [3.8, 4) is 0 Å². The summed E-state index contributed by atoms with van der Waals surface area (Å²) < 4.78 is 5.16. The summed E-state index contributed by atoms with van der Waals surface area (Å²) in [6, 6.07) is 1.14. The van der Waals surface area contributed by atoms with Crippen LogP contribution in [0.2, 0.25) is 0 Å². The van der Waals surface area contributed by atoms with E-state index >= 15 is 0 Å². The first-order valence-electron chi connectivity index (χ1n) is 7.76. The van der Waals surface area contributed by atoms with E-state index in [0.717, 1.165) is 25.9 Å². The van der Waals surface area contributed by atoms with E-state index in [1.807, 2.05) is 0 Å². The fourth-order valence-electron chi connectivity index (χ4n) is 3.48. The van der Waals surface area contributed by atoms with E-state index in [0.29, 0.717) is 18.0 Å². The maximum absolute atomic E-state index is 12.5. The molecule has 0 spiro atoms. The lowest BCUT2D eigenvalue weighted by molar-refractivity contribution is -0.151. The van der Waals surface area contributed by atoms with Gasteiger partial charge in [-0.15, -0.1) is 0 Å². The summed E-state index contributed by atoms with van der Waals surface area (Å²) in [6.07, 6.45) is 7.26. The Morgan fingerprint density at radius 1 is 1.32 bits per heavy atom. The number of carbonyl (C=O) groups is 1. The van der Waals surface area contributed by atoms with Crippen LogP contribution in [0.5, 0.6) is 0 Å². The lowest BCUT2D eigenvalue weighted by Crippen LogP contribution is -2.62. The molecule has 1 heterocycles. The molecule has 3 fully saturated rings. The van der Waals surface area contributed by atoms with Crippen molar-refractivity contribution in [1.82, 2.24) is 10.2 Å². The summed E-state index contributed by atoms with van der Waals surface area (Å²) in [7, 11) is 1.53. The van der Waals surface area contributed by atoms with Crippen LogP contribution in [0, 0.1) is 5.92 Å². The number of ether oxygens (including phenoxy) is 1. The van der Waals surface area contributed by atoms with E-state index in [9.17, 15) is 4.79 Å². The van der Waals surface area contributed by atoms with E-state index < -0.39 is 5.54 Å². The van der Waals surface area contributed by atoms with E-state index in [2.05, 4.69) is 17.1 Å². The maximum atomic E-state index is 12.5. The summed E-state index contributed by atoms with van der Waals surface area (Å²) in [6.45, 7) is 4.24. The van der Waals surface area contributed by atoms with E-state index in [1.54, 1.807) is 0 Å². The molecule has 1 N–H and O–H groups in total. The summed E-state index contributed by atoms with van der Waals surface area (Å²) in [4.78, 5) is 14.9. The molecule has 1 aliphatic heterocycles. The van der Waals surface area contributed by atoms with Crippen molar-refractivity contribution in [1.29, 1.82) is 0 Å². The fraction of sp³-hybridized carbons (Fsp3) is 0.933. The Balaban J connectivity index is 1.78. The highest BCUT2D eigenvalue weighted by molar-refractivity contribution is 5.82. The third-order valence-corrected chi connectivity index (χ3v) is 5.01. The van der Waals surface area contributed by atoms with E-state index in [1.165, 1.54) is 32.8 Å². The number of nitrogens with one attached hydrogen (secondary N) is 1. The lowest BCUT2D eigenvalue weighted by Gasteiger charge is -2.37. The Bertz CT molecular complexity index is 352. The van der Waals surface area contributed by atoms with Gasteiger partial charge in [0.15, 0.2) is 0 Å². The van der Waals surface area contributed by atoms with Crippen LogP contribution in [0.4, 0.5) is 0 Å². The molecule has 2 aliphatic carbocycles. The molecule has 0 radical (unpaired) electrons. The molecule has 4 heteroatoms. The first-order chi connectivity index (χ1) is 9.15. The zero-order valence-corrected chi connectivity index (χ0v) is 12.2. The highest BCUT2D eigenvalue weighted by atomic mass is 16.5. The Morgan fingerprint density at radius 3 is 2.53 bits per heavy atom. The third kappa shape index (κ3) is 2.65. The Kier molecular flexibility index (Phi) is 3.56. The molecule has 0 amide bonds. The third-order valence-electron chi connectivity index (χ3n) is 5.01. The van der Waals surface area contributed by atoms with E-state index in [4.69, 9.17) is 4.74 Å². The van der Waals surface area contributed by atoms with Crippen LogP contribution in [-0.4, -0.2) is 48.7 Å². The standard InChI is InChI=1S/C15H26N2O2/c1-11-4-3-9-17(11)10-15(12-5-6-12,14(18)19-2)16-13-7-8-13/h11-13,16H,3-10H2,1-2H3. The number of methoxy groups -OCH3 is 1. The number of carbonyl (C=O) groups excluding carboxylic acids is 1. The average molecular weight is 266 g/mol. The molecule has 0 bridgehead atoms. The summed E-state index contributed by atoms with van der Waals surface area (Å²) >= 11 is 0. The molecule has 2 saturated carbocycles. The number of hydrogen-bond donors (Lipinski definition) is 1. The maximum Gasteiger partial charge on any atom is 0.327 e. The number of hydrogen-bond acceptors (Lipinski definition) is 4. The lowest BCUT2D eigenvalue weighted by atomic mass is 9.91. The number of rotatable bonds is 6. The van der Waals surface area contributed by atoms with Gasteiger partial charge in [-0.25, -0.2) is 4.79 Å². The second kappa shape index (κ2) is 5.06. The molecule has 3 aliphatic rings. The molecule has 19 heavy (non-hydrogen) atoms. The second-order valence-electron chi connectivity index (χ2n) is 6.62. The molecule has 1 saturated heterocycles. The molecule has 0 aromatic rings. The van der Waals surface area contributed by atoms with Gasteiger partial charge < -0.3 is 4.74 Å². The van der Waals surface area contributed by atoms with Gasteiger partial charge in [0.25, 0.3) is 0 Å². The number of nitrogens with zero attached hydrogens (tertiary/aromatic N) is 1. The minimum absolute atomic E-state index is 0.0407. The topological polar surface area (TPSA) is 41.6 Å². The van der Waals surface area contributed by atoms with Gasteiger partial charge in [-0.2, -0.15) is 0 Å². The van der Waals surface area contributed by atoms with Crippen LogP contribution in [0.1, 0.15) is 45.4 Å². The van der Waals surface area contributed by atoms with Crippen LogP contribution in [-0.2, 0) is 9.53 Å². The first kappa shape index (κ1) is 13.4. The van der Waals surface area contributed by atoms with E-state index in [-0.39, 0.29) is 5.97 Å². The van der Waals surface area contributed by atoms with Crippen LogP contribution in [0.25, 0.3) is 0 Å². The van der Waals surface area contributed by atoms with Crippen molar-refractivity contribution in [2.24, 2.45) is 5.92 Å². The second-order valence-corrected chi connectivity index (χ2v) is 6.62.